The van der Waals surface area contributed by atoms with Crippen molar-refractivity contribution in [2.45, 2.75) is 154 Å². The second kappa shape index (κ2) is 31.9. The van der Waals surface area contributed by atoms with E-state index in [1.54, 1.807) is 6.92 Å². The molecule has 0 aromatic carbocycles. The highest BCUT2D eigenvalue weighted by Gasteiger charge is 2.28. The van der Waals surface area contributed by atoms with Crippen LogP contribution in [0.3, 0.4) is 0 Å². The average molecular weight is 702 g/mol. The zero-order valence-electron chi connectivity index (χ0n) is 29.5. The normalized spacial score (nSPS) is 14.4. The fourth-order valence-corrected chi connectivity index (χ4v) is 5.37. The maximum atomic E-state index is 12.0. The molecule has 11 nitrogen and oxygen atoms in total. The van der Waals surface area contributed by atoms with Crippen LogP contribution >= 0.6 is 7.82 Å². The van der Waals surface area contributed by atoms with E-state index in [1.807, 2.05) is 0 Å². The van der Waals surface area contributed by atoms with Gasteiger partial charge in [0.2, 0.25) is 5.91 Å². The molecular weight excluding hydrogens is 637 g/mol. The first-order valence-corrected chi connectivity index (χ1v) is 19.5. The van der Waals surface area contributed by atoms with Gasteiger partial charge in [-0.05, 0) is 51.4 Å². The third kappa shape index (κ3) is 31.0. The minimum absolute atomic E-state index is 0.0953. The highest BCUT2D eigenvalue weighted by molar-refractivity contribution is 7.47. The number of carbonyl (C=O) groups excluding carboxylic acids is 2. The molecule has 12 heteroatoms. The number of allylic oxidation sites excluding steroid dienone is 6. The van der Waals surface area contributed by atoms with Gasteiger partial charge in [0, 0.05) is 12.8 Å². The van der Waals surface area contributed by atoms with Crippen molar-refractivity contribution in [1.29, 1.82) is 0 Å². The summed E-state index contributed by atoms with van der Waals surface area (Å²) in [5, 5.41) is 21.2. The summed E-state index contributed by atoms with van der Waals surface area (Å²) >= 11 is 0. The van der Waals surface area contributed by atoms with Crippen LogP contribution in [0, 0.1) is 0 Å². The number of phosphoric ester groups is 1. The topological polar surface area (TPSA) is 169 Å². The third-order valence-corrected chi connectivity index (χ3v) is 8.35. The van der Waals surface area contributed by atoms with Crippen LogP contribution in [0.4, 0.5) is 0 Å². The Morgan fingerprint density at radius 1 is 0.667 bits per heavy atom. The number of hydrogen-bond donors (Lipinski definition) is 4. The number of phosphoric acid groups is 1. The van der Waals surface area contributed by atoms with Gasteiger partial charge in [0.15, 0.2) is 6.04 Å². The minimum Gasteiger partial charge on any atom is -0.480 e. The predicted molar refractivity (Wildman–Crippen MR) is 189 cm³/mol. The Bertz CT molecular complexity index is 968. The molecule has 1 amide bonds. The summed E-state index contributed by atoms with van der Waals surface area (Å²) in [5.74, 6) is -2.45. The lowest BCUT2D eigenvalue weighted by atomic mass is 10.1. The molecule has 0 rings (SSSR count). The van der Waals surface area contributed by atoms with Gasteiger partial charge in [0.1, 0.15) is 12.7 Å². The molecule has 0 fully saturated rings. The Labute approximate surface area is 289 Å². The quantitative estimate of drug-likeness (QED) is 0.0227. The van der Waals surface area contributed by atoms with Crippen LogP contribution < -0.4 is 5.32 Å². The van der Waals surface area contributed by atoms with Gasteiger partial charge in [-0.25, -0.2) is 9.36 Å². The summed E-state index contributed by atoms with van der Waals surface area (Å²) in [5.41, 5.74) is 0. The van der Waals surface area contributed by atoms with Crippen molar-refractivity contribution in [2.24, 2.45) is 0 Å². The van der Waals surface area contributed by atoms with E-state index in [-0.39, 0.29) is 12.8 Å². The maximum absolute atomic E-state index is 12.0. The zero-order chi connectivity index (χ0) is 35.7. The summed E-state index contributed by atoms with van der Waals surface area (Å²) in [7, 11) is -4.72. The summed E-state index contributed by atoms with van der Waals surface area (Å²) in [6.07, 6.45) is 32.6. The number of hydrogen-bond acceptors (Lipinski definition) is 8. The van der Waals surface area contributed by atoms with Crippen LogP contribution in [0.15, 0.2) is 36.5 Å². The van der Waals surface area contributed by atoms with Gasteiger partial charge >= 0.3 is 19.8 Å². The first kappa shape index (κ1) is 45.7. The third-order valence-electron chi connectivity index (χ3n) is 7.40. The molecule has 4 N–H and O–H groups in total. The highest BCUT2D eigenvalue weighted by Crippen LogP contribution is 2.43. The molecule has 48 heavy (non-hydrogen) atoms. The number of rotatable bonds is 33. The zero-order valence-corrected chi connectivity index (χ0v) is 30.4. The lowest BCUT2D eigenvalue weighted by Crippen LogP contribution is -2.43. The summed E-state index contributed by atoms with van der Waals surface area (Å²) in [6, 6.07) is -1.54. The van der Waals surface area contributed by atoms with Crippen molar-refractivity contribution in [3.8, 4) is 0 Å². The first-order chi connectivity index (χ1) is 23.1. The van der Waals surface area contributed by atoms with E-state index in [0.29, 0.717) is 12.8 Å². The van der Waals surface area contributed by atoms with Gasteiger partial charge in [0.05, 0.1) is 13.2 Å². The molecule has 0 bridgehead atoms. The molecule has 0 radical (unpaired) electrons. The number of carboxylic acids is 1. The van der Waals surface area contributed by atoms with Crippen LogP contribution in [0.1, 0.15) is 142 Å². The van der Waals surface area contributed by atoms with E-state index in [1.165, 1.54) is 64.2 Å². The second-order valence-corrected chi connectivity index (χ2v) is 13.5. The van der Waals surface area contributed by atoms with Crippen LogP contribution in [-0.4, -0.2) is 64.9 Å². The molecule has 0 aromatic rings. The van der Waals surface area contributed by atoms with E-state index in [2.05, 4.69) is 57.7 Å². The Morgan fingerprint density at radius 2 is 1.17 bits per heavy atom. The van der Waals surface area contributed by atoms with Crippen molar-refractivity contribution < 1.29 is 47.8 Å². The maximum Gasteiger partial charge on any atom is 0.472 e. The summed E-state index contributed by atoms with van der Waals surface area (Å²) in [6.45, 7) is 2.07. The van der Waals surface area contributed by atoms with E-state index >= 15 is 0 Å². The van der Waals surface area contributed by atoms with Gasteiger partial charge < -0.3 is 25.2 Å². The smallest absolute Gasteiger partial charge is 0.472 e. The monoisotopic (exact) mass is 701 g/mol. The van der Waals surface area contributed by atoms with Crippen LogP contribution in [-0.2, 0) is 32.7 Å². The fourth-order valence-electron chi connectivity index (χ4n) is 4.60. The van der Waals surface area contributed by atoms with Crippen LogP contribution in [0.2, 0.25) is 0 Å². The molecular formula is C36H64NO10P. The molecule has 278 valence electrons. The van der Waals surface area contributed by atoms with Crippen LogP contribution in [0.5, 0.6) is 0 Å². The number of aliphatic hydroxyl groups is 1. The Kier molecular flexibility index (Phi) is 30.4. The minimum atomic E-state index is -4.72. The van der Waals surface area contributed by atoms with E-state index < -0.39 is 57.6 Å². The molecule has 3 unspecified atom stereocenters. The highest BCUT2D eigenvalue weighted by atomic mass is 31.2. The molecule has 0 saturated heterocycles. The Morgan fingerprint density at radius 3 is 1.71 bits per heavy atom. The number of ether oxygens (including phenoxy) is 1. The standard InChI is InChI=1S/C36H64NO10P/c1-3-5-6-7-8-9-10-11-12-13-14-15-16-17-18-19-20-21-22-23-24-25-26-28-35(40)45-29-32(38)30-46-48(43,44)47-31-33(36(41)42)37-34(39)27-4-2/h8-9,11-12,14-15,32-33,38H,3-7,10,13,16-31H2,1-2H3,(H,37,39)(H,41,42)(H,43,44)/b9-8-,12-11-,15-14-. The summed E-state index contributed by atoms with van der Waals surface area (Å²) in [4.78, 5) is 44.5. The molecule has 0 saturated carbocycles. The van der Waals surface area contributed by atoms with E-state index in [0.717, 1.165) is 38.5 Å². The van der Waals surface area contributed by atoms with Crippen molar-refractivity contribution >= 4 is 25.7 Å². The predicted octanol–water partition coefficient (Wildman–Crippen LogP) is 8.10. The Hall–Kier alpha value is -2.30. The lowest BCUT2D eigenvalue weighted by Gasteiger charge is -2.18. The number of aliphatic carboxylic acids is 1. The molecule has 0 heterocycles. The molecule has 3 atom stereocenters. The van der Waals surface area contributed by atoms with Gasteiger partial charge in [-0.2, -0.15) is 0 Å². The summed E-state index contributed by atoms with van der Waals surface area (Å²) < 4.78 is 26.3. The SMILES string of the molecule is CCCCC/C=C\C/C=C\C/C=C\CCCCCCCCCCCCC(=O)OCC(O)COP(=O)(O)OCC(NC(=O)CCC)C(=O)O. The molecule has 0 aromatic heterocycles. The molecule has 0 aliphatic heterocycles. The second-order valence-electron chi connectivity index (χ2n) is 12.1. The van der Waals surface area contributed by atoms with Crippen molar-refractivity contribution in [1.82, 2.24) is 5.32 Å². The van der Waals surface area contributed by atoms with Gasteiger partial charge in [0.25, 0.3) is 0 Å². The fraction of sp³-hybridized carbons (Fsp3) is 0.750. The van der Waals surface area contributed by atoms with Crippen molar-refractivity contribution in [2.75, 3.05) is 19.8 Å². The average Bonchev–Trinajstić information content (AvgIpc) is 3.05. The van der Waals surface area contributed by atoms with Crippen molar-refractivity contribution in [3.05, 3.63) is 36.5 Å². The van der Waals surface area contributed by atoms with E-state index in [9.17, 15) is 28.9 Å². The van der Waals surface area contributed by atoms with Gasteiger partial charge in [-0.1, -0.05) is 115 Å². The lowest BCUT2D eigenvalue weighted by molar-refractivity contribution is -0.147. The number of unbranched alkanes of at least 4 members (excludes halogenated alkanes) is 13. The number of aliphatic hydroxyl groups excluding tert-OH is 1. The largest absolute Gasteiger partial charge is 0.480 e. The number of amides is 1. The van der Waals surface area contributed by atoms with Gasteiger partial charge in [-0.3, -0.25) is 18.6 Å². The molecule has 0 aliphatic rings. The molecule has 0 aliphatic carbocycles. The first-order valence-electron chi connectivity index (χ1n) is 18.0. The van der Waals surface area contributed by atoms with Crippen molar-refractivity contribution in [3.63, 3.8) is 0 Å². The number of nitrogens with one attached hydrogen (secondary N) is 1. The number of carbonyl (C=O) groups is 3. The van der Waals surface area contributed by atoms with Gasteiger partial charge in [-0.15, -0.1) is 0 Å². The number of esters is 1. The Balaban J connectivity index is 3.70. The van der Waals surface area contributed by atoms with E-state index in [4.69, 9.17) is 9.84 Å². The van der Waals surface area contributed by atoms with Crippen LogP contribution in [0.25, 0.3) is 0 Å². The number of carboxylic acid groups (broad SMARTS) is 1. The molecule has 0 spiro atoms.